The first kappa shape index (κ1) is 10.1. The van der Waals surface area contributed by atoms with Crippen molar-refractivity contribution in [3.8, 4) is 0 Å². The Morgan fingerprint density at radius 3 is 2.73 bits per heavy atom. The molecule has 0 amide bonds. The van der Waals surface area contributed by atoms with Gasteiger partial charge in [0.25, 0.3) is 0 Å². The number of carbonyl (C=O) groups excluding carboxylic acids is 1. The van der Waals surface area contributed by atoms with Gasteiger partial charge in [-0.1, -0.05) is 0 Å². The van der Waals surface area contributed by atoms with Gasteiger partial charge in [-0.15, -0.1) is 11.3 Å². The summed E-state index contributed by atoms with van der Waals surface area (Å²) in [4.78, 5) is 16.8. The maximum atomic E-state index is 11.5. The largest absolute Gasteiger partial charge is 0.397 e. The van der Waals surface area contributed by atoms with Gasteiger partial charge in [-0.2, -0.15) is 0 Å². The van der Waals surface area contributed by atoms with Crippen LogP contribution in [0.4, 0.5) is 5.69 Å². The molecule has 2 rings (SSSR count). The van der Waals surface area contributed by atoms with Crippen LogP contribution in [0.1, 0.15) is 28.5 Å². The minimum Gasteiger partial charge on any atom is -0.397 e. The first-order valence-electron chi connectivity index (χ1n) is 4.67. The van der Waals surface area contributed by atoms with Gasteiger partial charge in [-0.25, -0.2) is 4.98 Å². The van der Waals surface area contributed by atoms with Gasteiger partial charge in [0.1, 0.15) is 4.83 Å². The molecule has 2 aromatic rings. The van der Waals surface area contributed by atoms with E-state index in [9.17, 15) is 4.79 Å². The van der Waals surface area contributed by atoms with Crippen LogP contribution in [0.5, 0.6) is 0 Å². The molecule has 78 valence electrons. The molecule has 0 atom stereocenters. The Bertz CT molecular complexity index is 557. The first-order chi connectivity index (χ1) is 7.02. The molecule has 0 spiro atoms. The maximum Gasteiger partial charge on any atom is 0.161 e. The highest BCUT2D eigenvalue weighted by atomic mass is 32.1. The lowest BCUT2D eigenvalue weighted by Crippen LogP contribution is -2.03. The lowest BCUT2D eigenvalue weighted by atomic mass is 10.0. The molecule has 15 heavy (non-hydrogen) atoms. The van der Waals surface area contributed by atoms with E-state index in [1.54, 1.807) is 6.92 Å². The number of thiophene rings is 1. The van der Waals surface area contributed by atoms with Crippen molar-refractivity contribution >= 4 is 33.0 Å². The Kier molecular flexibility index (Phi) is 2.23. The quantitative estimate of drug-likeness (QED) is 0.752. The van der Waals surface area contributed by atoms with E-state index in [2.05, 4.69) is 4.98 Å². The first-order valence-corrected chi connectivity index (χ1v) is 5.55. The van der Waals surface area contributed by atoms with Crippen molar-refractivity contribution in [2.75, 3.05) is 5.73 Å². The summed E-state index contributed by atoms with van der Waals surface area (Å²) in [6.07, 6.45) is 0. The number of nitrogen functional groups attached to an aromatic ring is 1. The summed E-state index contributed by atoms with van der Waals surface area (Å²) in [7, 11) is 0. The molecule has 2 aromatic heterocycles. The molecule has 3 nitrogen and oxygen atoms in total. The molecular formula is C11H12N2OS. The van der Waals surface area contributed by atoms with Gasteiger partial charge in [0, 0.05) is 16.3 Å². The fourth-order valence-electron chi connectivity index (χ4n) is 1.94. The second-order valence-corrected chi connectivity index (χ2v) is 4.48. The number of fused-ring (bicyclic) bond motifs is 1. The van der Waals surface area contributed by atoms with E-state index in [0.29, 0.717) is 11.3 Å². The summed E-state index contributed by atoms with van der Waals surface area (Å²) in [5, 5.41) is 2.80. The Hall–Kier alpha value is -1.42. The second-order valence-electron chi connectivity index (χ2n) is 3.62. The number of anilines is 1. The Labute approximate surface area is 91.9 Å². The topological polar surface area (TPSA) is 56.0 Å². The molecule has 0 aromatic carbocycles. The summed E-state index contributed by atoms with van der Waals surface area (Å²) >= 11 is 1.52. The molecule has 0 aliphatic carbocycles. The zero-order valence-electron chi connectivity index (χ0n) is 8.92. The van der Waals surface area contributed by atoms with Crippen molar-refractivity contribution in [1.29, 1.82) is 0 Å². The van der Waals surface area contributed by atoms with Crippen molar-refractivity contribution < 1.29 is 4.79 Å². The van der Waals surface area contributed by atoms with Crippen molar-refractivity contribution in [2.24, 2.45) is 0 Å². The zero-order chi connectivity index (χ0) is 11.2. The molecule has 0 aliphatic heterocycles. The standard InChI is InChI=1S/C11H12N2OS/c1-5-9(7(3)14)6(2)13-11-10(5)8(12)4-15-11/h4H,12H2,1-3H3. The average molecular weight is 220 g/mol. The predicted octanol–water partition coefficient (Wildman–Crippen LogP) is 2.70. The number of Topliss-reactive ketones (excluding diaryl/α,β-unsaturated/α-hetero) is 1. The third kappa shape index (κ3) is 1.41. The number of aryl methyl sites for hydroxylation is 2. The molecule has 0 saturated carbocycles. The number of rotatable bonds is 1. The number of hydrogen-bond donors (Lipinski definition) is 1. The smallest absolute Gasteiger partial charge is 0.161 e. The van der Waals surface area contributed by atoms with Crippen LogP contribution in [0, 0.1) is 13.8 Å². The predicted molar refractivity (Wildman–Crippen MR) is 63.5 cm³/mol. The summed E-state index contributed by atoms with van der Waals surface area (Å²) in [6.45, 7) is 5.35. The minimum absolute atomic E-state index is 0.0463. The van der Waals surface area contributed by atoms with E-state index >= 15 is 0 Å². The van der Waals surface area contributed by atoms with E-state index in [1.165, 1.54) is 11.3 Å². The van der Waals surface area contributed by atoms with Crippen LogP contribution in [0.25, 0.3) is 10.2 Å². The number of ketones is 1. The van der Waals surface area contributed by atoms with Crippen LogP contribution >= 0.6 is 11.3 Å². The van der Waals surface area contributed by atoms with Crippen molar-refractivity contribution in [3.05, 3.63) is 22.2 Å². The van der Waals surface area contributed by atoms with Gasteiger partial charge >= 0.3 is 0 Å². The van der Waals surface area contributed by atoms with Crippen molar-refractivity contribution in [3.63, 3.8) is 0 Å². The van der Waals surface area contributed by atoms with Gasteiger partial charge in [0.05, 0.1) is 11.4 Å². The molecule has 0 fully saturated rings. The van der Waals surface area contributed by atoms with Gasteiger partial charge in [-0.3, -0.25) is 4.79 Å². The summed E-state index contributed by atoms with van der Waals surface area (Å²) in [5.74, 6) is 0.0463. The highest BCUT2D eigenvalue weighted by Gasteiger charge is 2.15. The van der Waals surface area contributed by atoms with E-state index < -0.39 is 0 Å². The van der Waals surface area contributed by atoms with Crippen LogP contribution in [-0.2, 0) is 0 Å². The van der Waals surface area contributed by atoms with Crippen LogP contribution in [0.3, 0.4) is 0 Å². The fraction of sp³-hybridized carbons (Fsp3) is 0.273. The normalized spacial score (nSPS) is 10.9. The van der Waals surface area contributed by atoms with Crippen molar-refractivity contribution in [2.45, 2.75) is 20.8 Å². The zero-order valence-corrected chi connectivity index (χ0v) is 9.73. The number of aromatic nitrogens is 1. The fourth-order valence-corrected chi connectivity index (χ4v) is 2.88. The average Bonchev–Trinajstić information content (AvgIpc) is 2.46. The molecule has 0 saturated heterocycles. The molecule has 4 heteroatoms. The van der Waals surface area contributed by atoms with E-state index in [1.807, 2.05) is 19.2 Å². The van der Waals surface area contributed by atoms with E-state index in [0.717, 1.165) is 21.5 Å². The molecule has 0 aliphatic rings. The van der Waals surface area contributed by atoms with E-state index in [-0.39, 0.29) is 5.78 Å². The Morgan fingerprint density at radius 1 is 1.47 bits per heavy atom. The highest BCUT2D eigenvalue weighted by molar-refractivity contribution is 7.17. The van der Waals surface area contributed by atoms with Crippen LogP contribution in [0.15, 0.2) is 5.38 Å². The minimum atomic E-state index is 0.0463. The van der Waals surface area contributed by atoms with Crippen molar-refractivity contribution in [1.82, 2.24) is 4.98 Å². The van der Waals surface area contributed by atoms with Crippen LogP contribution in [-0.4, -0.2) is 10.8 Å². The van der Waals surface area contributed by atoms with Gasteiger partial charge in [-0.05, 0) is 26.3 Å². The highest BCUT2D eigenvalue weighted by Crippen LogP contribution is 2.32. The summed E-state index contributed by atoms with van der Waals surface area (Å²) in [5.41, 5.74) is 9.00. The van der Waals surface area contributed by atoms with Crippen LogP contribution < -0.4 is 5.73 Å². The molecule has 0 unspecified atom stereocenters. The second kappa shape index (κ2) is 3.31. The molecular weight excluding hydrogens is 208 g/mol. The van der Waals surface area contributed by atoms with Gasteiger partial charge in [0.15, 0.2) is 5.78 Å². The van der Waals surface area contributed by atoms with Crippen LogP contribution in [0.2, 0.25) is 0 Å². The summed E-state index contributed by atoms with van der Waals surface area (Å²) in [6, 6.07) is 0. The van der Waals surface area contributed by atoms with Gasteiger partial charge < -0.3 is 5.73 Å². The third-order valence-corrected chi connectivity index (χ3v) is 3.42. The Balaban J connectivity index is 2.93. The monoisotopic (exact) mass is 220 g/mol. The lowest BCUT2D eigenvalue weighted by Gasteiger charge is -2.07. The molecule has 0 bridgehead atoms. The lowest BCUT2D eigenvalue weighted by molar-refractivity contribution is 0.101. The Morgan fingerprint density at radius 2 is 2.13 bits per heavy atom. The number of nitrogens with zero attached hydrogens (tertiary/aromatic N) is 1. The number of carbonyl (C=O) groups is 1. The molecule has 2 N–H and O–H groups in total. The molecule has 2 heterocycles. The number of hydrogen-bond acceptors (Lipinski definition) is 4. The molecule has 0 radical (unpaired) electrons. The maximum absolute atomic E-state index is 11.5. The SMILES string of the molecule is CC(=O)c1c(C)nc2scc(N)c2c1C. The number of pyridine rings is 1. The summed E-state index contributed by atoms with van der Waals surface area (Å²) < 4.78 is 0. The van der Waals surface area contributed by atoms with E-state index in [4.69, 9.17) is 5.73 Å². The number of nitrogens with two attached hydrogens (primary N) is 1. The third-order valence-electron chi connectivity index (χ3n) is 2.53. The van der Waals surface area contributed by atoms with Gasteiger partial charge in [0.2, 0.25) is 0 Å².